The van der Waals surface area contributed by atoms with Crippen LogP contribution in [0.3, 0.4) is 0 Å². The molecule has 3 aromatic rings. The van der Waals surface area contributed by atoms with Gasteiger partial charge in [0.05, 0.1) is 22.3 Å². The van der Waals surface area contributed by atoms with E-state index < -0.39 is 17.6 Å². The number of carbonyl (C=O) groups is 2. The number of hydrogen-bond donors (Lipinski definition) is 1. The third-order valence-corrected chi connectivity index (χ3v) is 3.65. The summed E-state index contributed by atoms with van der Waals surface area (Å²) >= 11 is 0. The van der Waals surface area contributed by atoms with Crippen molar-refractivity contribution in [3.63, 3.8) is 0 Å². The van der Waals surface area contributed by atoms with Crippen molar-refractivity contribution in [2.45, 2.75) is 0 Å². The largest absolute Gasteiger partial charge is 0.359 e. The monoisotopic (exact) mass is 280 g/mol. The van der Waals surface area contributed by atoms with Crippen LogP contribution in [0.2, 0.25) is 0 Å². The van der Waals surface area contributed by atoms with Gasteiger partial charge in [0, 0.05) is 17.6 Å². The zero-order chi connectivity index (χ0) is 14.6. The average molecular weight is 280 g/mol. The van der Waals surface area contributed by atoms with Crippen LogP contribution in [-0.4, -0.2) is 16.8 Å². The van der Waals surface area contributed by atoms with Gasteiger partial charge >= 0.3 is 0 Å². The Morgan fingerprint density at radius 3 is 2.29 bits per heavy atom. The van der Waals surface area contributed by atoms with Gasteiger partial charge in [-0.1, -0.05) is 12.1 Å². The number of fused-ring (bicyclic) bond motifs is 2. The molecule has 2 amide bonds. The van der Waals surface area contributed by atoms with E-state index in [0.717, 1.165) is 4.90 Å². The molecule has 4 nitrogen and oxygen atoms in total. The molecule has 0 bridgehead atoms. The molecule has 0 spiro atoms. The highest BCUT2D eigenvalue weighted by Crippen LogP contribution is 2.31. The maximum Gasteiger partial charge on any atom is 0.266 e. The van der Waals surface area contributed by atoms with E-state index in [1.54, 1.807) is 42.6 Å². The molecule has 2 aromatic carbocycles. The number of rotatable bonds is 1. The van der Waals surface area contributed by atoms with Crippen molar-refractivity contribution in [2.75, 3.05) is 4.90 Å². The minimum atomic E-state index is -0.496. The highest BCUT2D eigenvalue weighted by molar-refractivity contribution is 6.34. The topological polar surface area (TPSA) is 53.2 Å². The third-order valence-electron chi connectivity index (χ3n) is 3.65. The number of imide groups is 1. The van der Waals surface area contributed by atoms with Crippen LogP contribution in [-0.2, 0) is 0 Å². The lowest BCUT2D eigenvalue weighted by Crippen LogP contribution is -2.29. The molecule has 0 saturated carbocycles. The summed E-state index contributed by atoms with van der Waals surface area (Å²) in [5, 5.41) is 0.613. The summed E-state index contributed by atoms with van der Waals surface area (Å²) < 4.78 is 14.0. The molecular weight excluding hydrogens is 271 g/mol. The molecular formula is C16H9FN2O2. The van der Waals surface area contributed by atoms with E-state index in [4.69, 9.17) is 0 Å². The molecule has 0 fully saturated rings. The second-order valence-electron chi connectivity index (χ2n) is 4.86. The fraction of sp³-hybridized carbons (Fsp3) is 0. The molecule has 5 heteroatoms. The highest BCUT2D eigenvalue weighted by atomic mass is 19.1. The van der Waals surface area contributed by atoms with Crippen molar-refractivity contribution in [2.24, 2.45) is 0 Å². The first-order valence-corrected chi connectivity index (χ1v) is 6.41. The Morgan fingerprint density at radius 2 is 1.62 bits per heavy atom. The molecule has 4 rings (SSSR count). The summed E-state index contributed by atoms with van der Waals surface area (Å²) in [6.07, 6.45) is 1.61. The molecule has 0 saturated heterocycles. The van der Waals surface area contributed by atoms with Gasteiger partial charge in [-0.25, -0.2) is 9.29 Å². The summed E-state index contributed by atoms with van der Waals surface area (Å²) in [5.41, 5.74) is 1.29. The van der Waals surface area contributed by atoms with Crippen LogP contribution in [0, 0.1) is 5.82 Å². The lowest BCUT2D eigenvalue weighted by atomic mass is 10.1. The first-order chi connectivity index (χ1) is 10.2. The standard InChI is InChI=1S/C16H9FN2O2/c17-13-8-10(7-9-5-6-18-14(9)13)19-15(20)11-3-1-2-4-12(11)16(19)21/h1-8,18H. The Morgan fingerprint density at radius 1 is 0.952 bits per heavy atom. The molecule has 0 atom stereocenters. The molecule has 2 heterocycles. The number of anilines is 1. The van der Waals surface area contributed by atoms with Gasteiger partial charge in [-0.2, -0.15) is 0 Å². The van der Waals surface area contributed by atoms with Crippen LogP contribution in [0.4, 0.5) is 10.1 Å². The predicted octanol–water partition coefficient (Wildman–Crippen LogP) is 3.11. The van der Waals surface area contributed by atoms with E-state index >= 15 is 0 Å². The van der Waals surface area contributed by atoms with Crippen molar-refractivity contribution in [3.8, 4) is 0 Å². The lowest BCUT2D eigenvalue weighted by Gasteiger charge is -2.14. The summed E-state index contributed by atoms with van der Waals surface area (Å²) in [6, 6.07) is 11.1. The normalized spacial score (nSPS) is 14.0. The Labute approximate surface area is 118 Å². The Bertz CT molecular complexity index is 879. The van der Waals surface area contributed by atoms with Crippen molar-refractivity contribution in [1.29, 1.82) is 0 Å². The first-order valence-electron chi connectivity index (χ1n) is 6.41. The number of nitrogens with one attached hydrogen (secondary N) is 1. The number of nitrogens with zero attached hydrogens (tertiary/aromatic N) is 1. The zero-order valence-electron chi connectivity index (χ0n) is 10.8. The van der Waals surface area contributed by atoms with Gasteiger partial charge in [0.1, 0.15) is 5.82 Å². The number of amides is 2. The quantitative estimate of drug-likeness (QED) is 0.696. The van der Waals surface area contributed by atoms with Crippen LogP contribution >= 0.6 is 0 Å². The fourth-order valence-electron chi connectivity index (χ4n) is 2.66. The summed E-state index contributed by atoms with van der Waals surface area (Å²) in [4.78, 5) is 28.5. The Kier molecular flexibility index (Phi) is 2.27. The van der Waals surface area contributed by atoms with Crippen LogP contribution in [0.25, 0.3) is 10.9 Å². The van der Waals surface area contributed by atoms with Gasteiger partial charge in [-0.15, -0.1) is 0 Å². The van der Waals surface area contributed by atoms with E-state index in [9.17, 15) is 14.0 Å². The second kappa shape index (κ2) is 4.02. The molecule has 1 N–H and O–H groups in total. The lowest BCUT2D eigenvalue weighted by molar-refractivity contribution is 0.0926. The first kappa shape index (κ1) is 11.8. The van der Waals surface area contributed by atoms with Gasteiger partial charge in [0.25, 0.3) is 11.8 Å². The van der Waals surface area contributed by atoms with E-state index in [2.05, 4.69) is 4.98 Å². The maximum atomic E-state index is 14.0. The predicted molar refractivity (Wildman–Crippen MR) is 75.8 cm³/mol. The second-order valence-corrected chi connectivity index (χ2v) is 4.86. The van der Waals surface area contributed by atoms with Crippen molar-refractivity contribution in [3.05, 3.63) is 65.6 Å². The highest BCUT2D eigenvalue weighted by Gasteiger charge is 2.36. The van der Waals surface area contributed by atoms with Crippen LogP contribution < -0.4 is 4.90 Å². The molecule has 1 aliphatic rings. The molecule has 1 aliphatic heterocycles. The van der Waals surface area contributed by atoms with Crippen LogP contribution in [0.5, 0.6) is 0 Å². The summed E-state index contributed by atoms with van der Waals surface area (Å²) in [6.45, 7) is 0. The number of halogens is 1. The number of hydrogen-bond acceptors (Lipinski definition) is 2. The summed E-state index contributed by atoms with van der Waals surface area (Å²) in [5.74, 6) is -1.35. The Hall–Kier alpha value is -2.95. The van der Waals surface area contributed by atoms with Gasteiger partial charge < -0.3 is 4.98 Å². The summed E-state index contributed by atoms with van der Waals surface area (Å²) in [7, 11) is 0. The molecule has 102 valence electrons. The van der Waals surface area contributed by atoms with E-state index in [1.807, 2.05) is 0 Å². The fourth-order valence-corrected chi connectivity index (χ4v) is 2.66. The minimum Gasteiger partial charge on any atom is -0.359 e. The molecule has 0 aliphatic carbocycles. The number of carbonyl (C=O) groups excluding carboxylic acids is 2. The number of aromatic nitrogens is 1. The van der Waals surface area contributed by atoms with Crippen LogP contribution in [0.15, 0.2) is 48.7 Å². The van der Waals surface area contributed by atoms with Crippen molar-refractivity contribution in [1.82, 2.24) is 4.98 Å². The van der Waals surface area contributed by atoms with Gasteiger partial charge in [-0.05, 0) is 24.3 Å². The van der Waals surface area contributed by atoms with Crippen molar-refractivity contribution < 1.29 is 14.0 Å². The smallest absolute Gasteiger partial charge is 0.266 e. The maximum absolute atomic E-state index is 14.0. The van der Waals surface area contributed by atoms with E-state index in [0.29, 0.717) is 22.0 Å². The van der Waals surface area contributed by atoms with Crippen molar-refractivity contribution >= 4 is 28.4 Å². The zero-order valence-corrected chi connectivity index (χ0v) is 10.8. The Balaban J connectivity index is 1.90. The van der Waals surface area contributed by atoms with Gasteiger partial charge in [0.15, 0.2) is 0 Å². The van der Waals surface area contributed by atoms with E-state index in [-0.39, 0.29) is 5.69 Å². The molecule has 21 heavy (non-hydrogen) atoms. The number of H-pyrrole nitrogens is 1. The SMILES string of the molecule is O=C1c2ccccc2C(=O)N1c1cc(F)c2[nH]ccc2c1. The van der Waals surface area contributed by atoms with Gasteiger partial charge in [0.2, 0.25) is 0 Å². The van der Waals surface area contributed by atoms with Crippen LogP contribution in [0.1, 0.15) is 20.7 Å². The molecule has 1 aromatic heterocycles. The third kappa shape index (κ3) is 1.54. The number of aromatic amines is 1. The molecule has 0 unspecified atom stereocenters. The number of benzene rings is 2. The minimum absolute atomic E-state index is 0.241. The average Bonchev–Trinajstić information content (AvgIpc) is 3.04. The van der Waals surface area contributed by atoms with Gasteiger partial charge in [-0.3, -0.25) is 9.59 Å². The molecule has 0 radical (unpaired) electrons. The van der Waals surface area contributed by atoms with E-state index in [1.165, 1.54) is 6.07 Å².